The first-order valence-electron chi connectivity index (χ1n) is 11.6. The molecule has 0 radical (unpaired) electrons. The van der Waals surface area contributed by atoms with E-state index in [0.717, 1.165) is 16.1 Å². The van der Waals surface area contributed by atoms with Crippen molar-refractivity contribution in [1.82, 2.24) is 4.98 Å². The molecule has 7 heteroatoms. The first-order valence-corrected chi connectivity index (χ1v) is 12.5. The van der Waals surface area contributed by atoms with E-state index in [-0.39, 0.29) is 6.61 Å². The van der Waals surface area contributed by atoms with Crippen LogP contribution >= 0.6 is 11.3 Å². The fraction of sp³-hybridized carbons (Fsp3) is 0.286. The van der Waals surface area contributed by atoms with E-state index in [1.165, 1.54) is 22.1 Å². The molecule has 4 rings (SSSR count). The second-order valence-corrected chi connectivity index (χ2v) is 8.87. The van der Waals surface area contributed by atoms with Crippen molar-refractivity contribution < 1.29 is 23.7 Å². The molecule has 0 fully saturated rings. The summed E-state index contributed by atoms with van der Waals surface area (Å²) >= 11 is 1.48. The van der Waals surface area contributed by atoms with Crippen molar-refractivity contribution in [2.24, 2.45) is 0 Å². The number of aromatic nitrogens is 1. The van der Waals surface area contributed by atoms with Crippen molar-refractivity contribution in [3.8, 4) is 11.5 Å². The van der Waals surface area contributed by atoms with Gasteiger partial charge >= 0.3 is 5.97 Å². The van der Waals surface area contributed by atoms with Crippen LogP contribution in [0.25, 0.3) is 10.8 Å². The molecule has 6 nitrogen and oxygen atoms in total. The summed E-state index contributed by atoms with van der Waals surface area (Å²) in [6, 6.07) is 20.2. The van der Waals surface area contributed by atoms with Crippen molar-refractivity contribution in [3.05, 3.63) is 88.4 Å². The summed E-state index contributed by atoms with van der Waals surface area (Å²) in [6.45, 7) is 4.28. The second kappa shape index (κ2) is 11.3. The van der Waals surface area contributed by atoms with Crippen molar-refractivity contribution in [2.75, 3.05) is 20.3 Å². The molecule has 182 valence electrons. The molecule has 0 amide bonds. The van der Waals surface area contributed by atoms with E-state index in [4.69, 9.17) is 18.9 Å². The number of fused-ring (bicyclic) bond motifs is 1. The SMILES string of the molecule is CCOC(=O)COC(CC)(c1cc(OC)cc(OCc2ccc3ccccc3c2)c1)c1nccs1. The number of methoxy groups -OCH3 is 1. The predicted molar refractivity (Wildman–Crippen MR) is 137 cm³/mol. The molecule has 0 N–H and O–H groups in total. The van der Waals surface area contributed by atoms with Gasteiger partial charge in [-0.3, -0.25) is 0 Å². The highest BCUT2D eigenvalue weighted by molar-refractivity contribution is 7.09. The normalized spacial score (nSPS) is 12.8. The lowest BCUT2D eigenvalue weighted by Gasteiger charge is -2.32. The van der Waals surface area contributed by atoms with Crippen LogP contribution in [0.5, 0.6) is 11.5 Å². The van der Waals surface area contributed by atoms with Gasteiger partial charge in [-0.15, -0.1) is 11.3 Å². The highest BCUT2D eigenvalue weighted by Crippen LogP contribution is 2.41. The Morgan fingerprint density at radius 2 is 1.80 bits per heavy atom. The van der Waals surface area contributed by atoms with E-state index in [1.54, 1.807) is 20.2 Å². The average molecular weight is 492 g/mol. The van der Waals surface area contributed by atoms with Crippen LogP contribution in [0.3, 0.4) is 0 Å². The third kappa shape index (κ3) is 5.63. The number of benzene rings is 3. The van der Waals surface area contributed by atoms with E-state index in [1.807, 2.05) is 42.6 Å². The van der Waals surface area contributed by atoms with Gasteiger partial charge in [-0.2, -0.15) is 0 Å². The number of nitrogens with zero attached hydrogens (tertiary/aromatic N) is 1. The molecule has 0 aliphatic heterocycles. The minimum atomic E-state index is -0.948. The first-order chi connectivity index (χ1) is 17.1. The monoisotopic (exact) mass is 491 g/mol. The van der Waals surface area contributed by atoms with Crippen molar-refractivity contribution in [1.29, 1.82) is 0 Å². The molecule has 1 heterocycles. The molecule has 1 unspecified atom stereocenters. The third-order valence-corrected chi connectivity index (χ3v) is 6.74. The van der Waals surface area contributed by atoms with Crippen LogP contribution in [0.15, 0.2) is 72.2 Å². The third-order valence-electron chi connectivity index (χ3n) is 5.82. The number of ether oxygens (including phenoxy) is 4. The highest BCUT2D eigenvalue weighted by Gasteiger charge is 2.38. The maximum atomic E-state index is 12.1. The zero-order chi connectivity index (χ0) is 24.7. The van der Waals surface area contributed by atoms with E-state index in [9.17, 15) is 4.79 Å². The minimum absolute atomic E-state index is 0.189. The molecular formula is C28H29NO5S. The molecule has 0 saturated heterocycles. The first kappa shape index (κ1) is 24.7. The Bertz CT molecular complexity index is 1270. The molecular weight excluding hydrogens is 462 g/mol. The van der Waals surface area contributed by atoms with Gasteiger partial charge in [-0.1, -0.05) is 43.3 Å². The van der Waals surface area contributed by atoms with Gasteiger partial charge in [-0.05, 0) is 53.4 Å². The fourth-order valence-electron chi connectivity index (χ4n) is 4.03. The zero-order valence-electron chi connectivity index (χ0n) is 20.2. The predicted octanol–water partition coefficient (Wildman–Crippen LogP) is 6.12. The largest absolute Gasteiger partial charge is 0.497 e. The molecule has 35 heavy (non-hydrogen) atoms. The zero-order valence-corrected chi connectivity index (χ0v) is 21.0. The van der Waals surface area contributed by atoms with Crippen LogP contribution in [-0.2, 0) is 26.5 Å². The second-order valence-electron chi connectivity index (χ2n) is 7.98. The van der Waals surface area contributed by atoms with Crippen molar-refractivity contribution in [3.63, 3.8) is 0 Å². The lowest BCUT2D eigenvalue weighted by atomic mass is 9.90. The van der Waals surface area contributed by atoms with Gasteiger partial charge in [0.15, 0.2) is 0 Å². The molecule has 0 aliphatic carbocycles. The number of carbonyl (C=O) groups is 1. The van der Waals surface area contributed by atoms with Gasteiger partial charge < -0.3 is 18.9 Å². The Balaban J connectivity index is 1.65. The number of thiazole rings is 1. The summed E-state index contributed by atoms with van der Waals surface area (Å²) in [5.41, 5.74) is 0.914. The van der Waals surface area contributed by atoms with Gasteiger partial charge in [0.1, 0.15) is 35.3 Å². The smallest absolute Gasteiger partial charge is 0.332 e. The quantitative estimate of drug-likeness (QED) is 0.236. The maximum absolute atomic E-state index is 12.1. The Morgan fingerprint density at radius 1 is 1.00 bits per heavy atom. The summed E-state index contributed by atoms with van der Waals surface area (Å²) in [4.78, 5) is 16.7. The van der Waals surface area contributed by atoms with Crippen LogP contribution in [0.1, 0.15) is 36.4 Å². The lowest BCUT2D eigenvalue weighted by molar-refractivity contribution is -0.154. The van der Waals surface area contributed by atoms with E-state index >= 15 is 0 Å². The number of carbonyl (C=O) groups excluding carboxylic acids is 1. The standard InChI is InChI=1S/C28H29NO5S/c1-4-28(27-29-12-13-35-27,34-19-26(30)32-5-2)23-15-24(31-3)17-25(16-23)33-18-20-10-11-21-8-6-7-9-22(21)14-20/h6-17H,4-5,18-19H2,1-3H3. The van der Waals surface area contributed by atoms with E-state index < -0.39 is 11.6 Å². The molecule has 0 spiro atoms. The Labute approximate surface area is 209 Å². The molecule has 3 aromatic carbocycles. The van der Waals surface area contributed by atoms with Gasteiger partial charge in [-0.25, -0.2) is 9.78 Å². The molecule has 0 bridgehead atoms. The summed E-state index contributed by atoms with van der Waals surface area (Å²) in [5, 5.41) is 5.00. The summed E-state index contributed by atoms with van der Waals surface area (Å²) in [5.74, 6) is 0.851. The Kier molecular flexibility index (Phi) is 8.00. The van der Waals surface area contributed by atoms with Crippen molar-refractivity contribution >= 4 is 28.1 Å². The Hall–Kier alpha value is -3.42. The molecule has 0 saturated carbocycles. The van der Waals surface area contributed by atoms with E-state index in [0.29, 0.717) is 31.1 Å². The number of hydrogen-bond acceptors (Lipinski definition) is 7. The van der Waals surface area contributed by atoms with E-state index in [2.05, 4.69) is 35.3 Å². The summed E-state index contributed by atoms with van der Waals surface area (Å²) in [6.07, 6.45) is 2.28. The fourth-order valence-corrected chi connectivity index (χ4v) is 4.92. The van der Waals surface area contributed by atoms with Gasteiger partial charge in [0.25, 0.3) is 0 Å². The van der Waals surface area contributed by atoms with Crippen LogP contribution < -0.4 is 9.47 Å². The molecule has 1 atom stereocenters. The number of esters is 1. The highest BCUT2D eigenvalue weighted by atomic mass is 32.1. The average Bonchev–Trinajstić information content (AvgIpc) is 3.43. The lowest BCUT2D eigenvalue weighted by Crippen LogP contribution is -2.33. The maximum Gasteiger partial charge on any atom is 0.332 e. The van der Waals surface area contributed by atoms with Crippen LogP contribution in [-0.4, -0.2) is 31.3 Å². The van der Waals surface area contributed by atoms with Crippen LogP contribution in [0.2, 0.25) is 0 Å². The minimum Gasteiger partial charge on any atom is -0.497 e. The van der Waals surface area contributed by atoms with Gasteiger partial charge in [0.05, 0.1) is 13.7 Å². The molecule has 0 aliphatic rings. The van der Waals surface area contributed by atoms with Crippen LogP contribution in [0, 0.1) is 0 Å². The molecule has 4 aromatic rings. The van der Waals surface area contributed by atoms with Crippen LogP contribution in [0.4, 0.5) is 0 Å². The summed E-state index contributed by atoms with van der Waals surface area (Å²) in [7, 11) is 1.61. The van der Waals surface area contributed by atoms with Gasteiger partial charge in [0, 0.05) is 17.6 Å². The number of rotatable bonds is 11. The topological polar surface area (TPSA) is 66.9 Å². The number of hydrogen-bond donors (Lipinski definition) is 0. The van der Waals surface area contributed by atoms with Gasteiger partial charge in [0.2, 0.25) is 0 Å². The summed E-state index contributed by atoms with van der Waals surface area (Å²) < 4.78 is 23.1. The van der Waals surface area contributed by atoms with Crippen molar-refractivity contribution in [2.45, 2.75) is 32.5 Å². The molecule has 1 aromatic heterocycles. The Morgan fingerprint density at radius 3 is 2.51 bits per heavy atom.